The Morgan fingerprint density at radius 3 is 2.73 bits per heavy atom. The van der Waals surface area contributed by atoms with Crippen LogP contribution in [0.25, 0.3) is 0 Å². The fraction of sp³-hybridized carbons (Fsp3) is 0.714. The minimum Gasteiger partial charge on any atom is -0.369 e. The molecule has 0 aromatic heterocycles. The van der Waals surface area contributed by atoms with Gasteiger partial charge in [-0.2, -0.15) is 5.10 Å². The Kier molecular flexibility index (Phi) is 2.46. The van der Waals surface area contributed by atoms with Crippen LogP contribution >= 0.6 is 0 Å². The first-order chi connectivity index (χ1) is 5.18. The molecule has 4 N–H and O–H groups in total. The number of hydrogen-bond acceptors (Lipinski definition) is 2. The maximum absolute atomic E-state index is 5.13. The maximum Gasteiger partial charge on any atom is 0.211 e. The van der Waals surface area contributed by atoms with Gasteiger partial charge in [0.25, 0.3) is 0 Å². The van der Waals surface area contributed by atoms with Gasteiger partial charge in [-0.05, 0) is 25.2 Å². The van der Waals surface area contributed by atoms with Gasteiger partial charge in [0.1, 0.15) is 0 Å². The molecule has 0 amide bonds. The van der Waals surface area contributed by atoms with Crippen molar-refractivity contribution in [3.63, 3.8) is 0 Å². The lowest BCUT2D eigenvalue weighted by atomic mass is 10.1. The first-order valence-electron chi connectivity index (χ1n) is 3.83. The van der Waals surface area contributed by atoms with Crippen LogP contribution in [0, 0.1) is 5.92 Å². The van der Waals surface area contributed by atoms with Crippen LogP contribution in [0.15, 0.2) is 10.2 Å². The lowest BCUT2D eigenvalue weighted by molar-refractivity contribution is 0.623. The standard InChI is InChI=1S/C7H14N4/c1-5-2-3-6(4-5)10-11-7(8)9/h5H,2-4H2,1H3,(H4,8,9,11). The molecule has 0 spiro atoms. The van der Waals surface area contributed by atoms with Crippen LogP contribution in [0.4, 0.5) is 0 Å². The second-order valence-corrected chi connectivity index (χ2v) is 3.04. The average Bonchev–Trinajstić information content (AvgIpc) is 2.31. The zero-order valence-corrected chi connectivity index (χ0v) is 6.75. The highest BCUT2D eigenvalue weighted by Crippen LogP contribution is 2.21. The summed E-state index contributed by atoms with van der Waals surface area (Å²) in [6.45, 7) is 2.21. The van der Waals surface area contributed by atoms with Crippen LogP contribution in [0.3, 0.4) is 0 Å². The third kappa shape index (κ3) is 2.57. The molecule has 1 atom stereocenters. The van der Waals surface area contributed by atoms with Crippen LogP contribution in [-0.2, 0) is 0 Å². The average molecular weight is 154 g/mol. The van der Waals surface area contributed by atoms with Crippen molar-refractivity contribution in [3.05, 3.63) is 0 Å². The van der Waals surface area contributed by atoms with Gasteiger partial charge >= 0.3 is 0 Å². The molecule has 62 valence electrons. The molecule has 0 saturated heterocycles. The van der Waals surface area contributed by atoms with Gasteiger partial charge in [-0.1, -0.05) is 6.92 Å². The van der Waals surface area contributed by atoms with E-state index in [9.17, 15) is 0 Å². The molecular weight excluding hydrogens is 140 g/mol. The Morgan fingerprint density at radius 1 is 1.55 bits per heavy atom. The van der Waals surface area contributed by atoms with Gasteiger partial charge < -0.3 is 11.5 Å². The van der Waals surface area contributed by atoms with E-state index >= 15 is 0 Å². The number of rotatable bonds is 1. The van der Waals surface area contributed by atoms with Crippen molar-refractivity contribution < 1.29 is 0 Å². The van der Waals surface area contributed by atoms with E-state index in [1.165, 1.54) is 6.42 Å². The molecule has 1 aliphatic carbocycles. The molecule has 0 radical (unpaired) electrons. The second kappa shape index (κ2) is 3.37. The Bertz CT molecular complexity index is 191. The zero-order valence-electron chi connectivity index (χ0n) is 6.75. The molecule has 11 heavy (non-hydrogen) atoms. The molecular formula is C7H14N4. The van der Waals surface area contributed by atoms with Gasteiger partial charge in [0.15, 0.2) is 0 Å². The Balaban J connectivity index is 2.49. The van der Waals surface area contributed by atoms with Gasteiger partial charge in [0.05, 0.1) is 0 Å². The quantitative estimate of drug-likeness (QED) is 0.326. The highest BCUT2D eigenvalue weighted by molar-refractivity contribution is 5.87. The summed E-state index contributed by atoms with van der Waals surface area (Å²) in [5, 5.41) is 7.53. The Labute approximate surface area is 66.4 Å². The summed E-state index contributed by atoms with van der Waals surface area (Å²) in [5.74, 6) is 0.778. The lowest BCUT2D eigenvalue weighted by Gasteiger charge is -1.93. The molecule has 4 heteroatoms. The summed E-state index contributed by atoms with van der Waals surface area (Å²) in [6, 6.07) is 0. The normalized spacial score (nSPS) is 27.4. The van der Waals surface area contributed by atoms with Crippen LogP contribution < -0.4 is 11.5 Å². The number of hydrogen-bond donors (Lipinski definition) is 2. The van der Waals surface area contributed by atoms with E-state index in [0.717, 1.165) is 24.5 Å². The summed E-state index contributed by atoms with van der Waals surface area (Å²) in [4.78, 5) is 0. The third-order valence-electron chi connectivity index (χ3n) is 1.82. The van der Waals surface area contributed by atoms with Crippen molar-refractivity contribution in [2.45, 2.75) is 26.2 Å². The van der Waals surface area contributed by atoms with E-state index < -0.39 is 0 Å². The molecule has 0 bridgehead atoms. The first kappa shape index (κ1) is 8.04. The van der Waals surface area contributed by atoms with E-state index in [2.05, 4.69) is 17.1 Å². The van der Waals surface area contributed by atoms with E-state index in [4.69, 9.17) is 11.5 Å². The number of guanidine groups is 1. The van der Waals surface area contributed by atoms with Gasteiger partial charge in [-0.25, -0.2) is 0 Å². The highest BCUT2D eigenvalue weighted by atomic mass is 15.3. The predicted octanol–water partition coefficient (Wildman–Crippen LogP) is 0.436. The first-order valence-corrected chi connectivity index (χ1v) is 3.83. The smallest absolute Gasteiger partial charge is 0.211 e. The summed E-state index contributed by atoms with van der Waals surface area (Å²) in [6.07, 6.45) is 3.29. The lowest BCUT2D eigenvalue weighted by Crippen LogP contribution is -2.22. The number of nitrogens with two attached hydrogens (primary N) is 2. The largest absolute Gasteiger partial charge is 0.369 e. The highest BCUT2D eigenvalue weighted by Gasteiger charge is 2.15. The fourth-order valence-corrected chi connectivity index (χ4v) is 1.24. The third-order valence-corrected chi connectivity index (χ3v) is 1.82. The van der Waals surface area contributed by atoms with E-state index in [1.807, 2.05) is 0 Å². The second-order valence-electron chi connectivity index (χ2n) is 3.04. The molecule has 0 heterocycles. The summed E-state index contributed by atoms with van der Waals surface area (Å²) < 4.78 is 0. The van der Waals surface area contributed by atoms with Crippen molar-refractivity contribution in [2.24, 2.45) is 27.6 Å². The monoisotopic (exact) mass is 154 g/mol. The van der Waals surface area contributed by atoms with E-state index in [1.54, 1.807) is 0 Å². The molecule has 1 fully saturated rings. The van der Waals surface area contributed by atoms with Crippen molar-refractivity contribution >= 4 is 11.7 Å². The Morgan fingerprint density at radius 2 is 2.27 bits per heavy atom. The summed E-state index contributed by atoms with van der Waals surface area (Å²) >= 11 is 0. The van der Waals surface area contributed by atoms with Crippen LogP contribution in [-0.4, -0.2) is 11.7 Å². The topological polar surface area (TPSA) is 76.8 Å². The molecule has 1 rings (SSSR count). The molecule has 1 saturated carbocycles. The van der Waals surface area contributed by atoms with Gasteiger partial charge in [-0.3, -0.25) is 0 Å². The molecule has 0 aromatic carbocycles. The van der Waals surface area contributed by atoms with Crippen LogP contribution in [0.2, 0.25) is 0 Å². The SMILES string of the molecule is CC1CCC(=NN=C(N)N)C1. The van der Waals surface area contributed by atoms with Crippen molar-refractivity contribution in [1.82, 2.24) is 0 Å². The van der Waals surface area contributed by atoms with Crippen molar-refractivity contribution in [2.75, 3.05) is 0 Å². The molecule has 0 aromatic rings. The fourth-order valence-electron chi connectivity index (χ4n) is 1.24. The van der Waals surface area contributed by atoms with Gasteiger partial charge in [-0.15, -0.1) is 5.10 Å². The maximum atomic E-state index is 5.13. The summed E-state index contributed by atoms with van der Waals surface area (Å²) in [7, 11) is 0. The summed E-state index contributed by atoms with van der Waals surface area (Å²) in [5.41, 5.74) is 11.4. The molecule has 1 aliphatic rings. The van der Waals surface area contributed by atoms with Crippen LogP contribution in [0.1, 0.15) is 26.2 Å². The van der Waals surface area contributed by atoms with E-state index in [-0.39, 0.29) is 5.96 Å². The minimum absolute atomic E-state index is 0.0389. The van der Waals surface area contributed by atoms with Gasteiger partial charge in [0, 0.05) is 5.71 Å². The minimum atomic E-state index is 0.0389. The Hall–Kier alpha value is -1.06. The molecule has 4 nitrogen and oxygen atoms in total. The van der Waals surface area contributed by atoms with Crippen LogP contribution in [0.5, 0.6) is 0 Å². The number of nitrogens with zero attached hydrogens (tertiary/aromatic N) is 2. The molecule has 1 unspecified atom stereocenters. The van der Waals surface area contributed by atoms with E-state index in [0.29, 0.717) is 0 Å². The molecule has 0 aliphatic heterocycles. The van der Waals surface area contributed by atoms with Crippen molar-refractivity contribution in [1.29, 1.82) is 0 Å². The zero-order chi connectivity index (χ0) is 8.27. The van der Waals surface area contributed by atoms with Gasteiger partial charge in [0.2, 0.25) is 5.96 Å². The van der Waals surface area contributed by atoms with Crippen molar-refractivity contribution in [3.8, 4) is 0 Å². The predicted molar refractivity (Wildman–Crippen MR) is 46.3 cm³/mol.